The Morgan fingerprint density at radius 1 is 1.33 bits per heavy atom. The molecule has 5 heteroatoms. The summed E-state index contributed by atoms with van der Waals surface area (Å²) in [5.41, 5.74) is 0.479. The van der Waals surface area contributed by atoms with Crippen molar-refractivity contribution in [3.05, 3.63) is 28.0 Å². The highest BCUT2D eigenvalue weighted by Gasteiger charge is 2.40. The van der Waals surface area contributed by atoms with Gasteiger partial charge in [0.25, 0.3) is 5.91 Å². The number of amides is 1. The molecule has 3 atom stereocenters. The smallest absolute Gasteiger partial charge is 0.253 e. The Hall–Kier alpha value is -0.800. The SMILES string of the molecule is O=C(NC1CC2CCC1C2)c1cnc(Cl)c(Cl)c1. The highest BCUT2D eigenvalue weighted by atomic mass is 35.5. The van der Waals surface area contributed by atoms with Gasteiger partial charge in [0.05, 0.1) is 10.6 Å². The van der Waals surface area contributed by atoms with E-state index < -0.39 is 0 Å². The van der Waals surface area contributed by atoms with E-state index in [2.05, 4.69) is 10.3 Å². The number of aromatic nitrogens is 1. The molecule has 96 valence electrons. The molecule has 2 bridgehead atoms. The van der Waals surface area contributed by atoms with E-state index in [9.17, 15) is 4.79 Å². The molecule has 2 fully saturated rings. The zero-order valence-corrected chi connectivity index (χ0v) is 11.3. The molecule has 0 radical (unpaired) electrons. The normalized spacial score (nSPS) is 29.6. The number of carbonyl (C=O) groups is 1. The van der Waals surface area contributed by atoms with Gasteiger partial charge in [-0.1, -0.05) is 29.6 Å². The van der Waals surface area contributed by atoms with Gasteiger partial charge in [0.1, 0.15) is 5.15 Å². The van der Waals surface area contributed by atoms with E-state index in [1.807, 2.05) is 0 Å². The van der Waals surface area contributed by atoms with Crippen molar-refractivity contribution >= 4 is 29.1 Å². The Bertz CT molecular complexity index is 492. The zero-order chi connectivity index (χ0) is 12.7. The van der Waals surface area contributed by atoms with E-state index in [-0.39, 0.29) is 11.1 Å². The fourth-order valence-electron chi connectivity index (χ4n) is 3.22. The van der Waals surface area contributed by atoms with Crippen molar-refractivity contribution in [3.63, 3.8) is 0 Å². The molecule has 0 spiro atoms. The van der Waals surface area contributed by atoms with Crippen molar-refractivity contribution in [3.8, 4) is 0 Å². The molecule has 3 unspecified atom stereocenters. The third kappa shape index (κ3) is 2.21. The van der Waals surface area contributed by atoms with Gasteiger partial charge < -0.3 is 5.32 Å². The Morgan fingerprint density at radius 2 is 2.17 bits per heavy atom. The molecular formula is C13H14Cl2N2O. The predicted molar refractivity (Wildman–Crippen MR) is 71.0 cm³/mol. The van der Waals surface area contributed by atoms with Crippen LogP contribution in [0.3, 0.4) is 0 Å². The third-order valence-corrected chi connectivity index (χ3v) is 4.80. The summed E-state index contributed by atoms with van der Waals surface area (Å²) in [7, 11) is 0. The van der Waals surface area contributed by atoms with Crippen LogP contribution in [0.5, 0.6) is 0 Å². The number of fused-ring (bicyclic) bond motifs is 2. The van der Waals surface area contributed by atoms with Crippen LogP contribution >= 0.6 is 23.2 Å². The lowest BCUT2D eigenvalue weighted by Gasteiger charge is -2.22. The van der Waals surface area contributed by atoms with Gasteiger partial charge in [-0.15, -0.1) is 0 Å². The number of hydrogen-bond donors (Lipinski definition) is 1. The first-order valence-electron chi connectivity index (χ1n) is 6.25. The molecule has 3 nitrogen and oxygen atoms in total. The van der Waals surface area contributed by atoms with Crippen molar-refractivity contribution < 1.29 is 4.79 Å². The van der Waals surface area contributed by atoms with Gasteiger partial charge in [-0.25, -0.2) is 4.98 Å². The van der Waals surface area contributed by atoms with Crippen LogP contribution in [-0.4, -0.2) is 16.9 Å². The largest absolute Gasteiger partial charge is 0.349 e. The lowest BCUT2D eigenvalue weighted by molar-refractivity contribution is 0.0922. The van der Waals surface area contributed by atoms with Crippen LogP contribution in [0.1, 0.15) is 36.0 Å². The lowest BCUT2D eigenvalue weighted by atomic mass is 9.95. The second kappa shape index (κ2) is 4.71. The molecule has 1 heterocycles. The van der Waals surface area contributed by atoms with Crippen molar-refractivity contribution in [2.75, 3.05) is 0 Å². The standard InChI is InChI=1S/C13H14Cl2N2O/c14-10-5-9(6-16-12(10)15)13(18)17-11-4-7-1-2-8(11)3-7/h5-8,11H,1-4H2,(H,17,18). The molecule has 0 aromatic carbocycles. The first kappa shape index (κ1) is 12.2. The maximum Gasteiger partial charge on any atom is 0.253 e. The van der Waals surface area contributed by atoms with Crippen LogP contribution < -0.4 is 5.32 Å². The molecule has 1 amide bonds. The highest BCUT2D eigenvalue weighted by molar-refractivity contribution is 6.41. The van der Waals surface area contributed by atoms with Crippen LogP contribution in [0.4, 0.5) is 0 Å². The van der Waals surface area contributed by atoms with E-state index in [1.165, 1.54) is 25.5 Å². The number of rotatable bonds is 2. The second-order valence-corrected chi connectivity index (χ2v) is 6.02. The molecule has 1 N–H and O–H groups in total. The Labute approximate surface area is 116 Å². The maximum absolute atomic E-state index is 12.1. The number of nitrogens with zero attached hydrogens (tertiary/aromatic N) is 1. The number of hydrogen-bond acceptors (Lipinski definition) is 2. The Balaban J connectivity index is 1.69. The number of pyridine rings is 1. The average Bonchev–Trinajstić information content (AvgIpc) is 2.94. The number of nitrogens with one attached hydrogen (secondary N) is 1. The van der Waals surface area contributed by atoms with Crippen molar-refractivity contribution in [2.45, 2.75) is 31.7 Å². The lowest BCUT2D eigenvalue weighted by Crippen LogP contribution is -2.38. The average molecular weight is 285 g/mol. The van der Waals surface area contributed by atoms with Crippen LogP contribution in [0.2, 0.25) is 10.2 Å². The van der Waals surface area contributed by atoms with Gasteiger partial charge in [-0.2, -0.15) is 0 Å². The minimum atomic E-state index is -0.0985. The fourth-order valence-corrected chi connectivity index (χ4v) is 3.49. The molecular weight excluding hydrogens is 271 g/mol. The van der Waals surface area contributed by atoms with Gasteiger partial charge in [0.2, 0.25) is 0 Å². The summed E-state index contributed by atoms with van der Waals surface area (Å²) in [6.07, 6.45) is 6.42. The van der Waals surface area contributed by atoms with E-state index in [4.69, 9.17) is 23.2 Å². The van der Waals surface area contributed by atoms with Crippen LogP contribution in [0, 0.1) is 11.8 Å². The minimum Gasteiger partial charge on any atom is -0.349 e. The summed E-state index contributed by atoms with van der Waals surface area (Å²) in [5.74, 6) is 1.38. The summed E-state index contributed by atoms with van der Waals surface area (Å²) in [4.78, 5) is 16.0. The number of halogens is 2. The van der Waals surface area contributed by atoms with E-state index in [0.29, 0.717) is 22.5 Å². The summed E-state index contributed by atoms with van der Waals surface area (Å²) >= 11 is 11.6. The molecule has 1 aromatic rings. The molecule has 2 aliphatic rings. The zero-order valence-electron chi connectivity index (χ0n) is 9.83. The van der Waals surface area contributed by atoms with Crippen molar-refractivity contribution in [2.24, 2.45) is 11.8 Å². The van der Waals surface area contributed by atoms with Crippen molar-refractivity contribution in [1.82, 2.24) is 10.3 Å². The second-order valence-electron chi connectivity index (χ2n) is 5.25. The number of carbonyl (C=O) groups excluding carboxylic acids is 1. The summed E-state index contributed by atoms with van der Waals surface area (Å²) < 4.78 is 0. The van der Waals surface area contributed by atoms with Gasteiger partial charge in [0.15, 0.2) is 0 Å². The van der Waals surface area contributed by atoms with Gasteiger partial charge in [-0.05, 0) is 37.2 Å². The highest BCUT2D eigenvalue weighted by Crippen LogP contribution is 2.44. The first-order valence-corrected chi connectivity index (χ1v) is 7.01. The van der Waals surface area contributed by atoms with E-state index in [0.717, 1.165) is 12.3 Å². The van der Waals surface area contributed by atoms with Gasteiger partial charge in [-0.3, -0.25) is 4.79 Å². The molecule has 0 saturated heterocycles. The fraction of sp³-hybridized carbons (Fsp3) is 0.538. The maximum atomic E-state index is 12.1. The molecule has 2 saturated carbocycles. The monoisotopic (exact) mass is 284 g/mol. The molecule has 3 rings (SSSR count). The van der Waals surface area contributed by atoms with Crippen LogP contribution in [-0.2, 0) is 0 Å². The predicted octanol–water partition coefficient (Wildman–Crippen LogP) is 3.31. The van der Waals surface area contributed by atoms with Gasteiger partial charge in [0, 0.05) is 12.2 Å². The summed E-state index contributed by atoms with van der Waals surface area (Å²) in [6.45, 7) is 0. The van der Waals surface area contributed by atoms with Crippen LogP contribution in [0.15, 0.2) is 12.3 Å². The Kier molecular flexibility index (Phi) is 3.20. The summed E-state index contributed by atoms with van der Waals surface area (Å²) in [6, 6.07) is 1.89. The first-order chi connectivity index (χ1) is 8.63. The molecule has 18 heavy (non-hydrogen) atoms. The van der Waals surface area contributed by atoms with Crippen LogP contribution in [0.25, 0.3) is 0 Å². The summed E-state index contributed by atoms with van der Waals surface area (Å²) in [5, 5.41) is 3.64. The topological polar surface area (TPSA) is 42.0 Å². The van der Waals surface area contributed by atoms with E-state index in [1.54, 1.807) is 6.07 Å². The molecule has 2 aliphatic carbocycles. The van der Waals surface area contributed by atoms with E-state index >= 15 is 0 Å². The molecule has 1 aromatic heterocycles. The Morgan fingerprint density at radius 3 is 2.78 bits per heavy atom. The quantitative estimate of drug-likeness (QED) is 0.847. The molecule has 0 aliphatic heterocycles. The van der Waals surface area contributed by atoms with Crippen molar-refractivity contribution in [1.29, 1.82) is 0 Å². The minimum absolute atomic E-state index is 0.0985. The third-order valence-electron chi connectivity index (χ3n) is 4.11. The van der Waals surface area contributed by atoms with Gasteiger partial charge >= 0.3 is 0 Å².